The lowest BCUT2D eigenvalue weighted by atomic mass is 9.93. The minimum Gasteiger partial charge on any atom is -0.305 e. The molecular formula is C22H23ClF4N6S. The molecule has 0 unspecified atom stereocenters. The van der Waals surface area contributed by atoms with Gasteiger partial charge in [-0.1, -0.05) is 17.8 Å². The molecular weight excluding hydrogens is 492 g/mol. The van der Waals surface area contributed by atoms with E-state index >= 15 is 0 Å². The Kier molecular flexibility index (Phi) is 6.90. The quantitative estimate of drug-likeness (QED) is 0.261. The molecule has 1 aliphatic heterocycles. The molecule has 2 atom stereocenters. The second-order valence-electron chi connectivity index (χ2n) is 8.68. The monoisotopic (exact) mass is 514 g/mol. The van der Waals surface area contributed by atoms with Crippen molar-refractivity contribution in [2.75, 3.05) is 25.4 Å². The third kappa shape index (κ3) is 4.65. The van der Waals surface area contributed by atoms with Crippen molar-refractivity contribution in [3.8, 4) is 11.4 Å². The van der Waals surface area contributed by atoms with Crippen molar-refractivity contribution in [3.05, 3.63) is 53.9 Å². The fourth-order valence-electron chi connectivity index (χ4n) is 4.83. The first kappa shape index (κ1) is 24.9. The normalized spacial score (nSPS) is 21.9. The van der Waals surface area contributed by atoms with Crippen LogP contribution in [0, 0.1) is 11.7 Å². The van der Waals surface area contributed by atoms with E-state index in [1.165, 1.54) is 12.4 Å². The third-order valence-electron chi connectivity index (χ3n) is 6.55. The van der Waals surface area contributed by atoms with Crippen LogP contribution < -0.4 is 0 Å². The van der Waals surface area contributed by atoms with Gasteiger partial charge in [0.2, 0.25) is 0 Å². The van der Waals surface area contributed by atoms with Gasteiger partial charge in [0.15, 0.2) is 11.0 Å². The molecule has 6 nitrogen and oxygen atoms in total. The van der Waals surface area contributed by atoms with Gasteiger partial charge in [0.25, 0.3) is 0 Å². The van der Waals surface area contributed by atoms with Crippen LogP contribution in [0.25, 0.3) is 11.4 Å². The number of hydrogen-bond donors (Lipinski definition) is 0. The van der Waals surface area contributed by atoms with Crippen LogP contribution in [-0.2, 0) is 18.6 Å². The molecule has 34 heavy (non-hydrogen) atoms. The molecule has 182 valence electrons. The Balaban J connectivity index is 0.00000274. The van der Waals surface area contributed by atoms with E-state index in [2.05, 4.69) is 25.1 Å². The van der Waals surface area contributed by atoms with Gasteiger partial charge in [0, 0.05) is 43.7 Å². The zero-order chi connectivity index (χ0) is 23.2. The second kappa shape index (κ2) is 9.43. The van der Waals surface area contributed by atoms with Crippen molar-refractivity contribution in [3.63, 3.8) is 0 Å². The topological polar surface area (TPSA) is 59.7 Å². The Morgan fingerprint density at radius 3 is 2.65 bits per heavy atom. The Morgan fingerprint density at radius 1 is 1.18 bits per heavy atom. The van der Waals surface area contributed by atoms with E-state index < -0.39 is 17.6 Å². The summed E-state index contributed by atoms with van der Waals surface area (Å²) >= 11 is 1.62. The zero-order valence-electron chi connectivity index (χ0n) is 18.3. The molecule has 12 heteroatoms. The van der Waals surface area contributed by atoms with E-state index in [-0.39, 0.29) is 17.8 Å². The Morgan fingerprint density at radius 2 is 1.94 bits per heavy atom. The van der Waals surface area contributed by atoms with Gasteiger partial charge in [-0.3, -0.25) is 0 Å². The SMILES string of the molecule is Cl.Cn1c(SCCCN2C[C@@H]3C[C@]3(c3ccc(C(F)(F)F)cc3F)C2)nnc1-c1cncnc1. The maximum absolute atomic E-state index is 14.5. The van der Waals surface area contributed by atoms with Crippen molar-refractivity contribution in [1.82, 2.24) is 29.6 Å². The van der Waals surface area contributed by atoms with Crippen molar-refractivity contribution >= 4 is 24.2 Å². The first-order chi connectivity index (χ1) is 15.8. The molecule has 3 aromatic rings. The summed E-state index contributed by atoms with van der Waals surface area (Å²) < 4.78 is 55.0. The molecule has 2 aliphatic rings. The fraction of sp³-hybridized carbons (Fsp3) is 0.455. The van der Waals surface area contributed by atoms with Crippen LogP contribution in [0.3, 0.4) is 0 Å². The molecule has 0 bridgehead atoms. The highest BCUT2D eigenvalue weighted by atomic mass is 35.5. The van der Waals surface area contributed by atoms with E-state index in [0.29, 0.717) is 29.9 Å². The first-order valence-electron chi connectivity index (χ1n) is 10.6. The number of nitrogens with zero attached hydrogens (tertiary/aromatic N) is 6. The number of aromatic nitrogens is 5. The van der Waals surface area contributed by atoms with Gasteiger partial charge in [0.1, 0.15) is 12.1 Å². The second-order valence-corrected chi connectivity index (χ2v) is 9.74. The van der Waals surface area contributed by atoms with Crippen LogP contribution >= 0.6 is 24.2 Å². The predicted octanol–water partition coefficient (Wildman–Crippen LogP) is 4.61. The fourth-order valence-corrected chi connectivity index (χ4v) is 5.66. The van der Waals surface area contributed by atoms with Crippen molar-refractivity contribution in [2.45, 2.75) is 29.6 Å². The Bertz CT molecular complexity index is 1160. The van der Waals surface area contributed by atoms with E-state index in [9.17, 15) is 17.6 Å². The summed E-state index contributed by atoms with van der Waals surface area (Å²) in [5.41, 5.74) is -0.0429. The lowest BCUT2D eigenvalue weighted by Crippen LogP contribution is -2.28. The molecule has 2 aromatic heterocycles. The van der Waals surface area contributed by atoms with E-state index in [4.69, 9.17) is 0 Å². The van der Waals surface area contributed by atoms with Gasteiger partial charge in [-0.25, -0.2) is 14.4 Å². The predicted molar refractivity (Wildman–Crippen MR) is 122 cm³/mol. The molecule has 0 radical (unpaired) electrons. The molecule has 1 saturated heterocycles. The minimum atomic E-state index is -4.53. The third-order valence-corrected chi connectivity index (χ3v) is 7.66. The van der Waals surface area contributed by atoms with Crippen LogP contribution in [0.15, 0.2) is 42.1 Å². The van der Waals surface area contributed by atoms with Crippen LogP contribution in [-0.4, -0.2) is 55.0 Å². The van der Waals surface area contributed by atoms with Crippen LogP contribution in [0.1, 0.15) is 24.0 Å². The van der Waals surface area contributed by atoms with Gasteiger partial charge in [0.05, 0.1) is 11.1 Å². The smallest absolute Gasteiger partial charge is 0.305 e. The number of likely N-dealkylation sites (tertiary alicyclic amines) is 1. The van der Waals surface area contributed by atoms with Gasteiger partial charge < -0.3 is 9.47 Å². The molecule has 3 heterocycles. The molecule has 0 N–H and O–H groups in total. The van der Waals surface area contributed by atoms with E-state index in [1.807, 2.05) is 11.6 Å². The molecule has 0 amide bonds. The van der Waals surface area contributed by atoms with Gasteiger partial charge in [-0.2, -0.15) is 13.2 Å². The van der Waals surface area contributed by atoms with Gasteiger partial charge >= 0.3 is 6.18 Å². The molecule has 2 fully saturated rings. The van der Waals surface area contributed by atoms with Gasteiger partial charge in [-0.05, 0) is 43.0 Å². The van der Waals surface area contributed by atoms with Crippen molar-refractivity contribution in [1.29, 1.82) is 0 Å². The summed E-state index contributed by atoms with van der Waals surface area (Å²) in [6.45, 7) is 2.39. The molecule has 0 spiro atoms. The lowest BCUT2D eigenvalue weighted by molar-refractivity contribution is -0.137. The highest BCUT2D eigenvalue weighted by molar-refractivity contribution is 7.99. The molecule has 1 aliphatic carbocycles. The highest BCUT2D eigenvalue weighted by Crippen LogP contribution is 2.59. The number of rotatable bonds is 7. The summed E-state index contributed by atoms with van der Waals surface area (Å²) in [6, 6.07) is 2.97. The van der Waals surface area contributed by atoms with E-state index in [1.54, 1.807) is 24.2 Å². The van der Waals surface area contributed by atoms with Crippen molar-refractivity contribution < 1.29 is 17.6 Å². The van der Waals surface area contributed by atoms with Crippen LogP contribution in [0.5, 0.6) is 0 Å². The number of thioether (sulfide) groups is 1. The first-order valence-corrected chi connectivity index (χ1v) is 11.6. The largest absolute Gasteiger partial charge is 0.416 e. The lowest BCUT2D eigenvalue weighted by Gasteiger charge is -2.21. The number of piperidine rings is 1. The molecule has 1 aromatic carbocycles. The van der Waals surface area contributed by atoms with Crippen molar-refractivity contribution in [2.24, 2.45) is 13.0 Å². The summed E-state index contributed by atoms with van der Waals surface area (Å²) in [7, 11) is 1.90. The van der Waals surface area contributed by atoms with Gasteiger partial charge in [-0.15, -0.1) is 22.6 Å². The Labute approximate surface area is 204 Å². The van der Waals surface area contributed by atoms with Crippen LogP contribution in [0.2, 0.25) is 0 Å². The average Bonchev–Trinajstić information content (AvgIpc) is 3.15. The average molecular weight is 515 g/mol. The maximum Gasteiger partial charge on any atom is 0.416 e. The minimum absolute atomic E-state index is 0. The summed E-state index contributed by atoms with van der Waals surface area (Å²) in [4.78, 5) is 10.3. The zero-order valence-corrected chi connectivity index (χ0v) is 19.9. The number of benzene rings is 1. The maximum atomic E-state index is 14.5. The molecule has 1 saturated carbocycles. The Hall–Kier alpha value is -2.24. The van der Waals surface area contributed by atoms with E-state index in [0.717, 1.165) is 48.5 Å². The summed E-state index contributed by atoms with van der Waals surface area (Å²) in [5, 5.41) is 9.28. The molecule has 5 rings (SSSR count). The summed E-state index contributed by atoms with van der Waals surface area (Å²) in [5.74, 6) is 1.12. The number of halogens is 5. The standard InChI is InChI=1S/C22H22F4N6S.ClH/c1-31-19(14-9-27-13-28-10-14)29-30-20(31)33-6-2-5-32-11-16-8-21(16,12-32)17-4-3-15(7-18(17)23)22(24,25)26;/h3-4,7,9-10,13,16H,2,5-6,8,11-12H2,1H3;1H/t16-,21-;/m0./s1. The highest BCUT2D eigenvalue weighted by Gasteiger charge is 2.61. The number of fused-ring (bicyclic) bond motifs is 1. The summed E-state index contributed by atoms with van der Waals surface area (Å²) in [6.07, 6.45) is 2.08. The number of hydrogen-bond acceptors (Lipinski definition) is 6. The number of alkyl halides is 3. The van der Waals surface area contributed by atoms with Crippen LogP contribution in [0.4, 0.5) is 17.6 Å².